The predicted octanol–water partition coefficient (Wildman–Crippen LogP) is 3.38. The van der Waals surface area contributed by atoms with Crippen LogP contribution in [0.4, 0.5) is 0 Å². The van der Waals surface area contributed by atoms with Gasteiger partial charge in [-0.3, -0.25) is 9.59 Å². The highest BCUT2D eigenvalue weighted by molar-refractivity contribution is 5.97. The molecule has 2 aromatic carbocycles. The van der Waals surface area contributed by atoms with E-state index in [1.807, 2.05) is 42.5 Å². The third-order valence-corrected chi connectivity index (χ3v) is 4.00. The van der Waals surface area contributed by atoms with Gasteiger partial charge in [0.2, 0.25) is 5.91 Å². The molecule has 0 spiro atoms. The summed E-state index contributed by atoms with van der Waals surface area (Å²) in [5.41, 5.74) is 6.78. The van der Waals surface area contributed by atoms with Gasteiger partial charge in [0.05, 0.1) is 12.2 Å². The molecule has 5 nitrogen and oxygen atoms in total. The molecular weight excluding hydrogens is 328 g/mol. The third kappa shape index (κ3) is 5.92. The van der Waals surface area contributed by atoms with Crippen molar-refractivity contribution in [3.8, 4) is 5.75 Å². The zero-order valence-corrected chi connectivity index (χ0v) is 15.2. The van der Waals surface area contributed by atoms with Gasteiger partial charge >= 0.3 is 0 Å². The molecule has 0 aromatic heterocycles. The maximum atomic E-state index is 13.1. The highest BCUT2D eigenvalue weighted by atomic mass is 16.5. The molecule has 2 amide bonds. The van der Waals surface area contributed by atoms with E-state index in [-0.39, 0.29) is 18.9 Å². The SMILES string of the molecule is CCCCOc1ccccc1C(=O)N(CCC(N)=O)Cc1ccccc1. The number of primary amides is 1. The summed E-state index contributed by atoms with van der Waals surface area (Å²) < 4.78 is 5.79. The quantitative estimate of drug-likeness (QED) is 0.665. The third-order valence-electron chi connectivity index (χ3n) is 4.00. The minimum atomic E-state index is -0.427. The van der Waals surface area contributed by atoms with Crippen LogP contribution in [-0.4, -0.2) is 29.9 Å². The van der Waals surface area contributed by atoms with Crippen molar-refractivity contribution >= 4 is 11.8 Å². The zero-order chi connectivity index (χ0) is 18.8. The number of rotatable bonds is 10. The number of carbonyl (C=O) groups is 2. The van der Waals surface area contributed by atoms with Crippen LogP contribution in [0.1, 0.15) is 42.1 Å². The summed E-state index contributed by atoms with van der Waals surface area (Å²) in [5.74, 6) is -0.0198. The number of hydrogen-bond donors (Lipinski definition) is 1. The summed E-state index contributed by atoms with van der Waals surface area (Å²) >= 11 is 0. The van der Waals surface area contributed by atoms with Crippen molar-refractivity contribution in [2.75, 3.05) is 13.2 Å². The monoisotopic (exact) mass is 354 g/mol. The number of nitrogens with two attached hydrogens (primary N) is 1. The van der Waals surface area contributed by atoms with Crippen LogP contribution in [0.15, 0.2) is 54.6 Å². The molecule has 2 N–H and O–H groups in total. The minimum absolute atomic E-state index is 0.122. The Morgan fingerprint density at radius 3 is 2.42 bits per heavy atom. The predicted molar refractivity (Wildman–Crippen MR) is 102 cm³/mol. The molecular formula is C21H26N2O3. The fourth-order valence-corrected chi connectivity index (χ4v) is 2.57. The summed E-state index contributed by atoms with van der Waals surface area (Å²) in [5, 5.41) is 0. The molecule has 138 valence electrons. The number of amides is 2. The fourth-order valence-electron chi connectivity index (χ4n) is 2.57. The van der Waals surface area contributed by atoms with Crippen molar-refractivity contribution in [2.45, 2.75) is 32.7 Å². The van der Waals surface area contributed by atoms with E-state index < -0.39 is 5.91 Å². The van der Waals surface area contributed by atoms with Crippen molar-refractivity contribution in [3.05, 3.63) is 65.7 Å². The van der Waals surface area contributed by atoms with Crippen LogP contribution in [0.3, 0.4) is 0 Å². The molecule has 0 saturated carbocycles. The average Bonchev–Trinajstić information content (AvgIpc) is 2.66. The van der Waals surface area contributed by atoms with E-state index in [0.717, 1.165) is 18.4 Å². The summed E-state index contributed by atoms with van der Waals surface area (Å²) in [6.45, 7) is 3.34. The van der Waals surface area contributed by atoms with Crippen molar-refractivity contribution in [1.82, 2.24) is 4.90 Å². The molecule has 0 radical (unpaired) electrons. The van der Waals surface area contributed by atoms with Crippen LogP contribution in [0.5, 0.6) is 5.75 Å². The second-order valence-corrected chi connectivity index (χ2v) is 6.13. The first-order valence-electron chi connectivity index (χ1n) is 8.95. The summed E-state index contributed by atoms with van der Waals surface area (Å²) in [7, 11) is 0. The Bertz CT molecular complexity index is 716. The number of unbranched alkanes of at least 4 members (excludes halogenated alkanes) is 1. The van der Waals surface area contributed by atoms with Gasteiger partial charge in [0.1, 0.15) is 5.75 Å². The van der Waals surface area contributed by atoms with Gasteiger partial charge in [0.25, 0.3) is 5.91 Å². The number of nitrogens with zero attached hydrogens (tertiary/aromatic N) is 1. The van der Waals surface area contributed by atoms with Crippen LogP contribution < -0.4 is 10.5 Å². The van der Waals surface area contributed by atoms with Gasteiger partial charge in [-0.2, -0.15) is 0 Å². The topological polar surface area (TPSA) is 72.6 Å². The maximum absolute atomic E-state index is 13.1. The summed E-state index contributed by atoms with van der Waals surface area (Å²) in [6.07, 6.45) is 2.07. The van der Waals surface area contributed by atoms with Crippen LogP contribution in [-0.2, 0) is 11.3 Å². The Balaban J connectivity index is 2.20. The van der Waals surface area contributed by atoms with Crippen molar-refractivity contribution in [3.63, 3.8) is 0 Å². The second-order valence-electron chi connectivity index (χ2n) is 6.13. The van der Waals surface area contributed by atoms with Crippen LogP contribution in [0, 0.1) is 0 Å². The van der Waals surface area contributed by atoms with Crippen LogP contribution in [0.2, 0.25) is 0 Å². The molecule has 0 unspecified atom stereocenters. The molecule has 0 saturated heterocycles. The lowest BCUT2D eigenvalue weighted by Gasteiger charge is -2.23. The molecule has 2 aromatic rings. The standard InChI is InChI=1S/C21H26N2O3/c1-2-3-15-26-19-12-8-7-11-18(19)21(25)23(14-13-20(22)24)16-17-9-5-4-6-10-17/h4-12H,2-3,13-16H2,1H3,(H2,22,24). The van der Waals surface area contributed by atoms with Gasteiger partial charge in [-0.05, 0) is 24.1 Å². The first kappa shape index (κ1) is 19.5. The van der Waals surface area contributed by atoms with E-state index in [0.29, 0.717) is 24.5 Å². The largest absolute Gasteiger partial charge is 0.493 e. The van der Waals surface area contributed by atoms with Gasteiger partial charge in [-0.25, -0.2) is 0 Å². The molecule has 26 heavy (non-hydrogen) atoms. The smallest absolute Gasteiger partial charge is 0.257 e. The van der Waals surface area contributed by atoms with Gasteiger partial charge < -0.3 is 15.4 Å². The number of benzene rings is 2. The van der Waals surface area contributed by atoms with Gasteiger partial charge in [-0.15, -0.1) is 0 Å². The molecule has 2 rings (SSSR count). The lowest BCUT2D eigenvalue weighted by atomic mass is 10.1. The number of para-hydroxylation sites is 1. The molecule has 5 heteroatoms. The normalized spacial score (nSPS) is 10.3. The molecule has 0 aliphatic heterocycles. The Labute approximate surface area is 154 Å². The van der Waals surface area contributed by atoms with E-state index in [9.17, 15) is 9.59 Å². The van der Waals surface area contributed by atoms with Crippen molar-refractivity contribution < 1.29 is 14.3 Å². The van der Waals surface area contributed by atoms with Crippen LogP contribution in [0.25, 0.3) is 0 Å². The number of carbonyl (C=O) groups excluding carboxylic acids is 2. The number of hydrogen-bond acceptors (Lipinski definition) is 3. The van der Waals surface area contributed by atoms with E-state index in [1.165, 1.54) is 0 Å². The van der Waals surface area contributed by atoms with Crippen molar-refractivity contribution in [1.29, 1.82) is 0 Å². The number of ether oxygens (including phenoxy) is 1. The first-order valence-corrected chi connectivity index (χ1v) is 8.95. The maximum Gasteiger partial charge on any atom is 0.257 e. The van der Waals surface area contributed by atoms with Crippen LogP contribution >= 0.6 is 0 Å². The Morgan fingerprint density at radius 2 is 1.73 bits per heavy atom. The van der Waals surface area contributed by atoms with Crippen molar-refractivity contribution in [2.24, 2.45) is 5.73 Å². The fraction of sp³-hybridized carbons (Fsp3) is 0.333. The highest BCUT2D eigenvalue weighted by Gasteiger charge is 2.20. The Hall–Kier alpha value is -2.82. The lowest BCUT2D eigenvalue weighted by Crippen LogP contribution is -2.34. The molecule has 0 aliphatic rings. The lowest BCUT2D eigenvalue weighted by molar-refractivity contribution is -0.118. The minimum Gasteiger partial charge on any atom is -0.493 e. The Morgan fingerprint density at radius 1 is 1.04 bits per heavy atom. The van der Waals surface area contributed by atoms with Gasteiger partial charge in [0, 0.05) is 19.5 Å². The second kappa shape index (κ2) is 10.2. The Kier molecular flexibility index (Phi) is 7.68. The first-order chi connectivity index (χ1) is 12.6. The van der Waals surface area contributed by atoms with E-state index >= 15 is 0 Å². The van der Waals surface area contributed by atoms with E-state index in [1.54, 1.807) is 17.0 Å². The molecule has 0 fully saturated rings. The van der Waals surface area contributed by atoms with E-state index in [2.05, 4.69) is 6.92 Å². The van der Waals surface area contributed by atoms with E-state index in [4.69, 9.17) is 10.5 Å². The van der Waals surface area contributed by atoms with Gasteiger partial charge in [0.15, 0.2) is 0 Å². The molecule has 0 atom stereocenters. The molecule has 0 aliphatic carbocycles. The van der Waals surface area contributed by atoms with Gasteiger partial charge in [-0.1, -0.05) is 55.8 Å². The zero-order valence-electron chi connectivity index (χ0n) is 15.2. The molecule has 0 heterocycles. The average molecular weight is 354 g/mol. The summed E-state index contributed by atoms with van der Waals surface area (Å²) in [6, 6.07) is 16.9. The molecule has 0 bridgehead atoms. The highest BCUT2D eigenvalue weighted by Crippen LogP contribution is 2.21. The summed E-state index contributed by atoms with van der Waals surface area (Å²) in [4.78, 5) is 26.0.